The highest BCUT2D eigenvalue weighted by atomic mass is 79.9. The molecule has 1 aromatic rings. The maximum absolute atomic E-state index is 11.0. The fraction of sp³-hybridized carbons (Fsp3) is 0.500. The smallest absolute Gasteiger partial charge is 0.311 e. The first-order valence-corrected chi connectivity index (χ1v) is 6.68. The molecule has 0 amide bonds. The lowest BCUT2D eigenvalue weighted by molar-refractivity contribution is -0.386. The summed E-state index contributed by atoms with van der Waals surface area (Å²) in [5.74, 6) is 0.722. The summed E-state index contributed by atoms with van der Waals surface area (Å²) < 4.78 is 6.58. The van der Waals surface area contributed by atoms with Gasteiger partial charge in [0.2, 0.25) is 0 Å². The van der Waals surface area contributed by atoms with Crippen LogP contribution in [0.5, 0.6) is 5.75 Å². The molecule has 98 valence electrons. The van der Waals surface area contributed by atoms with Crippen LogP contribution >= 0.6 is 15.9 Å². The quantitative estimate of drug-likeness (QED) is 0.688. The second kappa shape index (κ2) is 5.67. The van der Waals surface area contributed by atoms with Crippen LogP contribution in [0, 0.1) is 16.0 Å². The maximum Gasteiger partial charge on any atom is 0.311 e. The number of benzene rings is 1. The molecule has 2 unspecified atom stereocenters. The molecule has 0 radical (unpaired) electrons. The third-order valence-electron chi connectivity index (χ3n) is 3.15. The minimum Gasteiger partial charge on any atom is -0.482 e. The third kappa shape index (κ3) is 3.00. The fourth-order valence-corrected chi connectivity index (χ4v) is 2.36. The highest BCUT2D eigenvalue weighted by molar-refractivity contribution is 9.10. The summed E-state index contributed by atoms with van der Waals surface area (Å²) in [4.78, 5) is 10.5. The average Bonchev–Trinajstić information content (AvgIpc) is 2.32. The molecule has 1 aliphatic rings. The fourth-order valence-electron chi connectivity index (χ4n) is 2.02. The molecule has 0 bridgehead atoms. The molecule has 1 saturated heterocycles. The molecule has 1 aromatic carbocycles. The van der Waals surface area contributed by atoms with Crippen LogP contribution in [0.15, 0.2) is 22.7 Å². The number of hydrogen-bond acceptors (Lipinski definition) is 4. The summed E-state index contributed by atoms with van der Waals surface area (Å²) in [6.07, 6.45) is 0.999. The second-order valence-corrected chi connectivity index (χ2v) is 5.41. The molecular weight excluding hydrogens is 300 g/mol. The molecule has 1 N–H and O–H groups in total. The van der Waals surface area contributed by atoms with E-state index in [2.05, 4.69) is 28.2 Å². The molecule has 18 heavy (non-hydrogen) atoms. The van der Waals surface area contributed by atoms with Gasteiger partial charge in [0.05, 0.1) is 4.92 Å². The van der Waals surface area contributed by atoms with E-state index in [0.717, 1.165) is 24.0 Å². The van der Waals surface area contributed by atoms with Gasteiger partial charge in [-0.1, -0.05) is 22.9 Å². The Hall–Kier alpha value is -1.14. The van der Waals surface area contributed by atoms with Gasteiger partial charge in [0.25, 0.3) is 0 Å². The number of hydrogen-bond donors (Lipinski definition) is 1. The van der Waals surface area contributed by atoms with Crippen LogP contribution in [0.4, 0.5) is 5.69 Å². The number of nitrogens with zero attached hydrogens (tertiary/aromatic N) is 1. The van der Waals surface area contributed by atoms with E-state index in [9.17, 15) is 10.1 Å². The first-order chi connectivity index (χ1) is 8.58. The summed E-state index contributed by atoms with van der Waals surface area (Å²) in [6, 6.07) is 4.76. The van der Waals surface area contributed by atoms with Crippen LogP contribution in [0.25, 0.3) is 0 Å². The lowest BCUT2D eigenvalue weighted by Gasteiger charge is -2.29. The van der Waals surface area contributed by atoms with Crippen molar-refractivity contribution in [3.05, 3.63) is 32.8 Å². The summed E-state index contributed by atoms with van der Waals surface area (Å²) in [7, 11) is 0. The number of nitro benzene ring substituents is 1. The molecule has 5 nitrogen and oxygen atoms in total. The van der Waals surface area contributed by atoms with E-state index in [1.54, 1.807) is 12.1 Å². The number of nitrogens with one attached hydrogen (secondary N) is 1. The van der Waals surface area contributed by atoms with Crippen molar-refractivity contribution in [3.63, 3.8) is 0 Å². The van der Waals surface area contributed by atoms with E-state index in [1.165, 1.54) is 6.07 Å². The molecule has 2 atom stereocenters. The van der Waals surface area contributed by atoms with E-state index in [-0.39, 0.29) is 11.8 Å². The summed E-state index contributed by atoms with van der Waals surface area (Å²) >= 11 is 3.31. The molecule has 0 saturated carbocycles. The van der Waals surface area contributed by atoms with E-state index < -0.39 is 4.92 Å². The van der Waals surface area contributed by atoms with Crippen LogP contribution in [-0.2, 0) is 0 Å². The SMILES string of the molecule is CC1CCNCC1Oc1cc(Br)ccc1[N+](=O)[O-]. The van der Waals surface area contributed by atoms with Crippen LogP contribution in [0.3, 0.4) is 0 Å². The Morgan fingerprint density at radius 3 is 3.00 bits per heavy atom. The Morgan fingerprint density at radius 2 is 2.33 bits per heavy atom. The maximum atomic E-state index is 11.0. The number of piperidine rings is 1. The van der Waals surface area contributed by atoms with Crippen molar-refractivity contribution in [2.45, 2.75) is 19.4 Å². The molecule has 0 spiro atoms. The van der Waals surface area contributed by atoms with Gasteiger partial charge in [-0.05, 0) is 24.9 Å². The summed E-state index contributed by atoms with van der Waals surface area (Å²) in [6.45, 7) is 3.81. The van der Waals surface area contributed by atoms with Gasteiger partial charge in [-0.2, -0.15) is 0 Å². The largest absolute Gasteiger partial charge is 0.482 e. The zero-order chi connectivity index (χ0) is 13.1. The summed E-state index contributed by atoms with van der Waals surface area (Å²) in [5.41, 5.74) is 0.0102. The van der Waals surface area contributed by atoms with Gasteiger partial charge in [-0.3, -0.25) is 10.1 Å². The van der Waals surface area contributed by atoms with Gasteiger partial charge < -0.3 is 10.1 Å². The normalized spacial score (nSPS) is 23.7. The molecule has 1 fully saturated rings. The molecule has 1 heterocycles. The van der Waals surface area contributed by atoms with Crippen molar-refractivity contribution in [1.29, 1.82) is 0 Å². The minimum absolute atomic E-state index is 0.0102. The van der Waals surface area contributed by atoms with Crippen molar-refractivity contribution >= 4 is 21.6 Å². The van der Waals surface area contributed by atoms with Crippen LogP contribution in [0.2, 0.25) is 0 Å². The van der Waals surface area contributed by atoms with Crippen LogP contribution < -0.4 is 10.1 Å². The Labute approximate surface area is 114 Å². The molecule has 0 aliphatic carbocycles. The molecule has 1 aliphatic heterocycles. The lowest BCUT2D eigenvalue weighted by atomic mass is 9.97. The number of nitro groups is 1. The van der Waals surface area contributed by atoms with E-state index in [0.29, 0.717) is 11.7 Å². The van der Waals surface area contributed by atoms with Gasteiger partial charge in [0, 0.05) is 23.2 Å². The zero-order valence-electron chi connectivity index (χ0n) is 10.1. The van der Waals surface area contributed by atoms with Gasteiger partial charge in [0.15, 0.2) is 5.75 Å². The minimum atomic E-state index is -0.414. The third-order valence-corrected chi connectivity index (χ3v) is 3.65. The standard InChI is InChI=1S/C12H15BrN2O3/c1-8-4-5-14-7-12(8)18-11-6-9(13)2-3-10(11)15(16)17/h2-3,6,8,12,14H,4-5,7H2,1H3. The monoisotopic (exact) mass is 314 g/mol. The Kier molecular flexibility index (Phi) is 4.19. The highest BCUT2D eigenvalue weighted by Gasteiger charge is 2.25. The molecule has 6 heteroatoms. The topological polar surface area (TPSA) is 64.4 Å². The predicted molar refractivity (Wildman–Crippen MR) is 71.9 cm³/mol. The van der Waals surface area contributed by atoms with Crippen LogP contribution in [0.1, 0.15) is 13.3 Å². The first kappa shape index (κ1) is 13.3. The van der Waals surface area contributed by atoms with E-state index >= 15 is 0 Å². The van der Waals surface area contributed by atoms with Crippen molar-refractivity contribution in [1.82, 2.24) is 5.32 Å². The molecule has 2 rings (SSSR count). The predicted octanol–water partition coefficient (Wildman–Crippen LogP) is 2.73. The van der Waals surface area contributed by atoms with E-state index in [1.807, 2.05) is 0 Å². The van der Waals surface area contributed by atoms with Crippen LogP contribution in [-0.4, -0.2) is 24.1 Å². The van der Waals surface area contributed by atoms with Crippen molar-refractivity contribution < 1.29 is 9.66 Å². The van der Waals surface area contributed by atoms with Gasteiger partial charge in [-0.15, -0.1) is 0 Å². The van der Waals surface area contributed by atoms with Crippen molar-refractivity contribution in [3.8, 4) is 5.75 Å². The summed E-state index contributed by atoms with van der Waals surface area (Å²) in [5, 5.41) is 14.2. The molecule has 0 aromatic heterocycles. The number of ether oxygens (including phenoxy) is 1. The van der Waals surface area contributed by atoms with Crippen molar-refractivity contribution in [2.24, 2.45) is 5.92 Å². The zero-order valence-corrected chi connectivity index (χ0v) is 11.6. The van der Waals surface area contributed by atoms with E-state index in [4.69, 9.17) is 4.74 Å². The van der Waals surface area contributed by atoms with Crippen molar-refractivity contribution in [2.75, 3.05) is 13.1 Å². The second-order valence-electron chi connectivity index (χ2n) is 4.50. The Morgan fingerprint density at radius 1 is 1.56 bits per heavy atom. The van der Waals surface area contributed by atoms with Gasteiger partial charge in [-0.25, -0.2) is 0 Å². The number of halogens is 1. The first-order valence-electron chi connectivity index (χ1n) is 5.89. The Bertz CT molecular complexity index is 453. The average molecular weight is 315 g/mol. The molecular formula is C12H15BrN2O3. The van der Waals surface area contributed by atoms with Gasteiger partial charge >= 0.3 is 5.69 Å². The Balaban J connectivity index is 2.21. The number of rotatable bonds is 3. The highest BCUT2D eigenvalue weighted by Crippen LogP contribution is 2.32. The van der Waals surface area contributed by atoms with Gasteiger partial charge in [0.1, 0.15) is 6.10 Å². The lowest BCUT2D eigenvalue weighted by Crippen LogP contribution is -2.42.